The van der Waals surface area contributed by atoms with Crippen LogP contribution in [0, 0.1) is 0 Å². The normalized spacial score (nSPS) is 10.4. The Kier molecular flexibility index (Phi) is 3.21. The van der Waals surface area contributed by atoms with Crippen molar-refractivity contribution in [2.45, 2.75) is 6.92 Å². The summed E-state index contributed by atoms with van der Waals surface area (Å²) in [5.41, 5.74) is 0.696. The fraction of sp³-hybridized carbons (Fsp3) is 0.222. The number of rotatable bonds is 2. The number of fused-ring (bicyclic) bond motifs is 1. The number of halogens is 1. The number of aromatic nitrogens is 2. The molecule has 2 aromatic heterocycles. The maximum Gasteiger partial charge on any atom is 0.413 e. The van der Waals surface area contributed by atoms with Crippen molar-refractivity contribution >= 4 is 44.5 Å². The van der Waals surface area contributed by atoms with Crippen LogP contribution >= 0.6 is 22.9 Å². The Bertz CT molecular complexity index is 528. The van der Waals surface area contributed by atoms with E-state index in [1.54, 1.807) is 19.1 Å². The predicted molar refractivity (Wildman–Crippen MR) is 63.1 cm³/mol. The van der Waals surface area contributed by atoms with Gasteiger partial charge in [0.25, 0.3) is 0 Å². The summed E-state index contributed by atoms with van der Waals surface area (Å²) in [6, 6.07) is 3.40. The van der Waals surface area contributed by atoms with Crippen LogP contribution in [-0.4, -0.2) is 22.7 Å². The molecule has 2 aromatic rings. The van der Waals surface area contributed by atoms with Crippen molar-refractivity contribution in [2.24, 2.45) is 0 Å². The summed E-state index contributed by atoms with van der Waals surface area (Å²) in [7, 11) is 0. The zero-order valence-electron chi connectivity index (χ0n) is 8.36. The van der Waals surface area contributed by atoms with E-state index in [9.17, 15) is 4.79 Å². The zero-order chi connectivity index (χ0) is 11.5. The minimum absolute atomic E-state index is 0.320. The van der Waals surface area contributed by atoms with E-state index >= 15 is 0 Å². The van der Waals surface area contributed by atoms with Crippen LogP contribution < -0.4 is 5.32 Å². The molecule has 0 radical (unpaired) electrons. The zero-order valence-corrected chi connectivity index (χ0v) is 9.93. The number of amides is 1. The van der Waals surface area contributed by atoms with E-state index in [2.05, 4.69) is 15.3 Å². The first-order valence-electron chi connectivity index (χ1n) is 4.56. The highest BCUT2D eigenvalue weighted by Crippen LogP contribution is 2.25. The van der Waals surface area contributed by atoms with Gasteiger partial charge in [-0.3, -0.25) is 5.32 Å². The van der Waals surface area contributed by atoms with Crippen LogP contribution in [0.15, 0.2) is 12.1 Å². The quantitative estimate of drug-likeness (QED) is 0.840. The lowest BCUT2D eigenvalue weighted by Gasteiger charge is -1.99. The number of anilines is 1. The van der Waals surface area contributed by atoms with Crippen LogP contribution in [-0.2, 0) is 4.74 Å². The van der Waals surface area contributed by atoms with Gasteiger partial charge in [0, 0.05) is 0 Å². The lowest BCUT2D eigenvalue weighted by Crippen LogP contribution is -2.12. The summed E-state index contributed by atoms with van der Waals surface area (Å²) in [5.74, 6) is 0. The largest absolute Gasteiger partial charge is 0.450 e. The molecule has 0 bridgehead atoms. The van der Waals surface area contributed by atoms with Gasteiger partial charge in [0.1, 0.15) is 15.5 Å². The number of hydrogen-bond acceptors (Lipinski definition) is 5. The highest BCUT2D eigenvalue weighted by molar-refractivity contribution is 7.21. The molecule has 0 saturated heterocycles. The SMILES string of the molecule is CCOC(=O)Nc1nc2ccc(Cl)nc2s1. The third-order valence-corrected chi connectivity index (χ3v) is 2.80. The number of carbonyl (C=O) groups is 1. The van der Waals surface area contributed by atoms with Gasteiger partial charge in [-0.1, -0.05) is 22.9 Å². The molecule has 0 atom stereocenters. The smallest absolute Gasteiger partial charge is 0.413 e. The molecule has 0 spiro atoms. The lowest BCUT2D eigenvalue weighted by atomic mass is 10.5. The van der Waals surface area contributed by atoms with Gasteiger partial charge >= 0.3 is 6.09 Å². The van der Waals surface area contributed by atoms with Crippen molar-refractivity contribution in [1.82, 2.24) is 9.97 Å². The minimum atomic E-state index is -0.521. The molecule has 0 aliphatic rings. The standard InChI is InChI=1S/C9H8ClN3O2S/c1-2-15-9(14)13-8-11-5-3-4-6(10)12-7(5)16-8/h3-4H,2H2,1H3,(H,11,13,14). The number of nitrogens with one attached hydrogen (secondary N) is 1. The molecule has 0 unspecified atom stereocenters. The number of hydrogen-bond donors (Lipinski definition) is 1. The van der Waals surface area contributed by atoms with E-state index in [0.717, 1.165) is 0 Å². The predicted octanol–water partition coefficient (Wildman–Crippen LogP) is 2.91. The van der Waals surface area contributed by atoms with Gasteiger partial charge in [0.05, 0.1) is 6.61 Å². The molecule has 0 aromatic carbocycles. The van der Waals surface area contributed by atoms with E-state index in [1.165, 1.54) is 11.3 Å². The van der Waals surface area contributed by atoms with E-state index in [1.807, 2.05) is 0 Å². The molecule has 2 heterocycles. The maximum absolute atomic E-state index is 11.1. The first-order chi connectivity index (χ1) is 7.69. The maximum atomic E-state index is 11.1. The Balaban J connectivity index is 2.23. The van der Waals surface area contributed by atoms with Crippen LogP contribution in [0.2, 0.25) is 5.15 Å². The molecule has 0 fully saturated rings. The first-order valence-corrected chi connectivity index (χ1v) is 5.75. The Morgan fingerprint density at radius 2 is 2.38 bits per heavy atom. The molecule has 84 valence electrons. The monoisotopic (exact) mass is 257 g/mol. The van der Waals surface area contributed by atoms with E-state index in [-0.39, 0.29) is 0 Å². The van der Waals surface area contributed by atoms with Crippen LogP contribution in [0.25, 0.3) is 10.3 Å². The summed E-state index contributed by atoms with van der Waals surface area (Å²) in [6.45, 7) is 2.06. The molecule has 0 saturated carbocycles. The highest BCUT2D eigenvalue weighted by atomic mass is 35.5. The Morgan fingerprint density at radius 1 is 1.56 bits per heavy atom. The number of carbonyl (C=O) groups excluding carboxylic acids is 1. The van der Waals surface area contributed by atoms with E-state index < -0.39 is 6.09 Å². The van der Waals surface area contributed by atoms with Crippen molar-refractivity contribution in [1.29, 1.82) is 0 Å². The van der Waals surface area contributed by atoms with Gasteiger partial charge in [-0.15, -0.1) is 0 Å². The third-order valence-electron chi connectivity index (χ3n) is 1.71. The minimum Gasteiger partial charge on any atom is -0.450 e. The van der Waals surface area contributed by atoms with Gasteiger partial charge in [-0.25, -0.2) is 14.8 Å². The van der Waals surface area contributed by atoms with Crippen molar-refractivity contribution in [3.63, 3.8) is 0 Å². The van der Waals surface area contributed by atoms with Crippen LogP contribution in [0.4, 0.5) is 9.93 Å². The molecular formula is C9H8ClN3O2S. The summed E-state index contributed by atoms with van der Waals surface area (Å²) in [4.78, 5) is 20.1. The molecule has 16 heavy (non-hydrogen) atoms. The molecule has 5 nitrogen and oxygen atoms in total. The van der Waals surface area contributed by atoms with Gasteiger partial charge in [0.2, 0.25) is 0 Å². The second-order valence-corrected chi connectivity index (χ2v) is 4.19. The second kappa shape index (κ2) is 4.63. The summed E-state index contributed by atoms with van der Waals surface area (Å²) in [5, 5.41) is 3.36. The van der Waals surface area contributed by atoms with Crippen molar-refractivity contribution in [2.75, 3.05) is 11.9 Å². The first kappa shape index (κ1) is 11.1. The molecule has 1 N–H and O–H groups in total. The number of ether oxygens (including phenoxy) is 1. The second-order valence-electron chi connectivity index (χ2n) is 2.82. The average molecular weight is 258 g/mol. The molecule has 2 rings (SSSR count). The van der Waals surface area contributed by atoms with Gasteiger partial charge in [-0.2, -0.15) is 0 Å². The Hall–Kier alpha value is -1.40. The molecule has 1 amide bonds. The molecule has 7 heteroatoms. The summed E-state index contributed by atoms with van der Waals surface area (Å²) in [6.07, 6.45) is -0.521. The van der Waals surface area contributed by atoms with Crippen LogP contribution in [0.5, 0.6) is 0 Å². The van der Waals surface area contributed by atoms with Crippen LogP contribution in [0.1, 0.15) is 6.92 Å². The van der Waals surface area contributed by atoms with Crippen molar-refractivity contribution in [3.8, 4) is 0 Å². The topological polar surface area (TPSA) is 64.1 Å². The fourth-order valence-corrected chi connectivity index (χ4v) is 2.12. The number of thiazole rings is 1. The van der Waals surface area contributed by atoms with Crippen LogP contribution in [0.3, 0.4) is 0 Å². The Labute approximate surface area is 100 Å². The van der Waals surface area contributed by atoms with Crippen molar-refractivity contribution < 1.29 is 9.53 Å². The van der Waals surface area contributed by atoms with Gasteiger partial charge in [0.15, 0.2) is 5.13 Å². The third kappa shape index (κ3) is 2.40. The van der Waals surface area contributed by atoms with Gasteiger partial charge < -0.3 is 4.74 Å². The summed E-state index contributed by atoms with van der Waals surface area (Å²) >= 11 is 6.99. The molecule has 0 aliphatic carbocycles. The molecular weight excluding hydrogens is 250 g/mol. The van der Waals surface area contributed by atoms with E-state index in [4.69, 9.17) is 16.3 Å². The highest BCUT2D eigenvalue weighted by Gasteiger charge is 2.08. The number of nitrogens with zero attached hydrogens (tertiary/aromatic N) is 2. The number of pyridine rings is 1. The summed E-state index contributed by atoms with van der Waals surface area (Å²) < 4.78 is 4.74. The van der Waals surface area contributed by atoms with Gasteiger partial charge in [-0.05, 0) is 19.1 Å². The van der Waals surface area contributed by atoms with Crippen molar-refractivity contribution in [3.05, 3.63) is 17.3 Å². The lowest BCUT2D eigenvalue weighted by molar-refractivity contribution is 0.168. The fourth-order valence-electron chi connectivity index (χ4n) is 1.10. The van der Waals surface area contributed by atoms with E-state index in [0.29, 0.717) is 27.2 Å². The average Bonchev–Trinajstić information content (AvgIpc) is 2.59. The molecule has 0 aliphatic heterocycles. The Morgan fingerprint density at radius 3 is 3.12 bits per heavy atom.